The van der Waals surface area contributed by atoms with Gasteiger partial charge in [0, 0.05) is 0 Å². The molecule has 0 saturated carbocycles. The highest BCUT2D eigenvalue weighted by molar-refractivity contribution is 14.1. The molecule has 0 unspecified atom stereocenters. The van der Waals surface area contributed by atoms with Crippen molar-refractivity contribution in [2.75, 3.05) is 6.61 Å². The maximum absolute atomic E-state index is 12.3. The molecule has 3 nitrogen and oxygen atoms in total. The average molecular weight is 346 g/mol. The maximum atomic E-state index is 12.3. The van der Waals surface area contributed by atoms with E-state index in [1.165, 1.54) is 0 Å². The number of ether oxygens (including phenoxy) is 1. The summed E-state index contributed by atoms with van der Waals surface area (Å²) in [5.74, 6) is -1.06. The van der Waals surface area contributed by atoms with Gasteiger partial charge < -0.3 is 9.84 Å². The van der Waals surface area contributed by atoms with Crippen molar-refractivity contribution < 1.29 is 27.8 Å². The van der Waals surface area contributed by atoms with Gasteiger partial charge in [-0.3, -0.25) is 0 Å². The highest BCUT2D eigenvalue weighted by atomic mass is 127. The zero-order valence-electron chi connectivity index (χ0n) is 7.71. The van der Waals surface area contributed by atoms with Crippen molar-refractivity contribution in [2.45, 2.75) is 6.18 Å². The molecule has 0 radical (unpaired) electrons. The van der Waals surface area contributed by atoms with E-state index in [1.54, 1.807) is 22.6 Å². The molecule has 0 aliphatic rings. The minimum absolute atomic E-state index is 0.121. The Kier molecular flexibility index (Phi) is 4.00. The smallest absolute Gasteiger partial charge is 0.416 e. The highest BCUT2D eigenvalue weighted by Crippen LogP contribution is 2.33. The van der Waals surface area contributed by atoms with Crippen molar-refractivity contribution >= 4 is 28.6 Å². The van der Waals surface area contributed by atoms with Gasteiger partial charge in [0.15, 0.2) is 6.61 Å². The lowest BCUT2D eigenvalue weighted by molar-refractivity contribution is -0.140. The molecule has 0 bridgehead atoms. The van der Waals surface area contributed by atoms with Crippen LogP contribution in [0.25, 0.3) is 0 Å². The fourth-order valence-corrected chi connectivity index (χ4v) is 1.60. The van der Waals surface area contributed by atoms with E-state index < -0.39 is 24.3 Å². The molecule has 0 spiro atoms. The van der Waals surface area contributed by atoms with Crippen molar-refractivity contribution in [1.29, 1.82) is 0 Å². The molecular formula is C9H6F3IO3. The Bertz CT molecular complexity index is 403. The highest BCUT2D eigenvalue weighted by Gasteiger charge is 2.30. The topological polar surface area (TPSA) is 46.5 Å². The van der Waals surface area contributed by atoms with Crippen molar-refractivity contribution in [3.05, 3.63) is 27.3 Å². The van der Waals surface area contributed by atoms with E-state index in [0.717, 1.165) is 18.2 Å². The minimum Gasteiger partial charge on any atom is -0.481 e. The van der Waals surface area contributed by atoms with Gasteiger partial charge in [0.25, 0.3) is 0 Å². The molecule has 1 N–H and O–H groups in total. The Labute approximate surface area is 102 Å². The quantitative estimate of drug-likeness (QED) is 0.857. The van der Waals surface area contributed by atoms with E-state index in [-0.39, 0.29) is 9.32 Å². The molecule has 0 aliphatic carbocycles. The van der Waals surface area contributed by atoms with Gasteiger partial charge in [-0.25, -0.2) is 4.79 Å². The summed E-state index contributed by atoms with van der Waals surface area (Å²) in [6.45, 7) is -0.582. The van der Waals surface area contributed by atoms with Crippen molar-refractivity contribution in [3.63, 3.8) is 0 Å². The van der Waals surface area contributed by atoms with Gasteiger partial charge in [0.05, 0.1) is 9.13 Å². The molecule has 1 aromatic rings. The summed E-state index contributed by atoms with van der Waals surface area (Å²) in [5, 5.41) is 8.34. The number of rotatable bonds is 3. The standard InChI is InChI=1S/C9H6F3IO3/c10-9(11,12)5-1-2-7(6(13)3-5)16-4-8(14)15/h1-3H,4H2,(H,14,15). The number of benzene rings is 1. The third-order valence-electron chi connectivity index (χ3n) is 1.61. The lowest BCUT2D eigenvalue weighted by Crippen LogP contribution is -2.11. The van der Waals surface area contributed by atoms with Crippen LogP contribution in [0, 0.1) is 3.57 Å². The second-order valence-corrected chi connectivity index (χ2v) is 3.99. The van der Waals surface area contributed by atoms with Gasteiger partial charge in [-0.1, -0.05) is 0 Å². The molecule has 1 aromatic carbocycles. The summed E-state index contributed by atoms with van der Waals surface area (Å²) in [7, 11) is 0. The van der Waals surface area contributed by atoms with E-state index in [9.17, 15) is 18.0 Å². The Morgan fingerprint density at radius 2 is 2.06 bits per heavy atom. The third kappa shape index (κ3) is 3.54. The molecule has 7 heteroatoms. The van der Waals surface area contributed by atoms with Crippen LogP contribution in [-0.4, -0.2) is 17.7 Å². The monoisotopic (exact) mass is 346 g/mol. The summed E-state index contributed by atoms with van der Waals surface area (Å²) in [4.78, 5) is 10.2. The van der Waals surface area contributed by atoms with Crippen LogP contribution in [-0.2, 0) is 11.0 Å². The number of hydrogen-bond acceptors (Lipinski definition) is 2. The third-order valence-corrected chi connectivity index (χ3v) is 2.45. The van der Waals surface area contributed by atoms with Gasteiger partial charge in [-0.05, 0) is 40.8 Å². The number of carboxylic acid groups (broad SMARTS) is 1. The van der Waals surface area contributed by atoms with E-state index in [2.05, 4.69) is 0 Å². The van der Waals surface area contributed by atoms with Gasteiger partial charge in [-0.2, -0.15) is 13.2 Å². The van der Waals surface area contributed by atoms with Gasteiger partial charge in [0.2, 0.25) is 0 Å². The Morgan fingerprint density at radius 3 is 2.50 bits per heavy atom. The second kappa shape index (κ2) is 4.89. The zero-order valence-corrected chi connectivity index (χ0v) is 9.87. The molecule has 16 heavy (non-hydrogen) atoms. The first kappa shape index (κ1) is 13.1. The first-order valence-electron chi connectivity index (χ1n) is 4.02. The lowest BCUT2D eigenvalue weighted by Gasteiger charge is -2.10. The Morgan fingerprint density at radius 1 is 1.44 bits per heavy atom. The maximum Gasteiger partial charge on any atom is 0.416 e. The zero-order chi connectivity index (χ0) is 12.3. The number of alkyl halides is 3. The fraction of sp³-hybridized carbons (Fsp3) is 0.222. The molecule has 0 saturated heterocycles. The Hall–Kier alpha value is -0.990. The van der Waals surface area contributed by atoms with Gasteiger partial charge >= 0.3 is 12.1 Å². The summed E-state index contributed by atoms with van der Waals surface area (Å²) >= 11 is 1.65. The predicted molar refractivity (Wildman–Crippen MR) is 57.3 cm³/mol. The summed E-state index contributed by atoms with van der Waals surface area (Å²) in [6.07, 6.45) is -4.41. The van der Waals surface area contributed by atoms with Crippen LogP contribution >= 0.6 is 22.6 Å². The van der Waals surface area contributed by atoms with Crippen molar-refractivity contribution in [2.24, 2.45) is 0 Å². The predicted octanol–water partition coefficient (Wildman–Crippen LogP) is 2.77. The molecule has 0 aromatic heterocycles. The number of hydrogen-bond donors (Lipinski definition) is 1. The molecule has 0 atom stereocenters. The van der Waals surface area contributed by atoms with Gasteiger partial charge in [-0.15, -0.1) is 0 Å². The van der Waals surface area contributed by atoms with Crippen molar-refractivity contribution in [1.82, 2.24) is 0 Å². The molecule has 1 rings (SSSR count). The van der Waals surface area contributed by atoms with Crippen LogP contribution < -0.4 is 4.74 Å². The average Bonchev–Trinajstić information content (AvgIpc) is 2.14. The summed E-state index contributed by atoms with van der Waals surface area (Å²) in [6, 6.07) is 2.85. The SMILES string of the molecule is O=C(O)COc1ccc(C(F)(F)F)cc1I. The Balaban J connectivity index is 2.88. The largest absolute Gasteiger partial charge is 0.481 e. The van der Waals surface area contributed by atoms with Crippen LogP contribution in [0.5, 0.6) is 5.75 Å². The van der Waals surface area contributed by atoms with Crippen molar-refractivity contribution in [3.8, 4) is 5.75 Å². The van der Waals surface area contributed by atoms with E-state index in [0.29, 0.717) is 0 Å². The molecular weight excluding hydrogens is 340 g/mol. The summed E-state index contributed by atoms with van der Waals surface area (Å²) < 4.78 is 41.8. The summed E-state index contributed by atoms with van der Waals surface area (Å²) in [5.41, 5.74) is -0.792. The van der Waals surface area contributed by atoms with Crippen LogP contribution in [0.1, 0.15) is 5.56 Å². The minimum atomic E-state index is -4.41. The lowest BCUT2D eigenvalue weighted by atomic mass is 10.2. The van der Waals surface area contributed by atoms with Crippen LogP contribution in [0.3, 0.4) is 0 Å². The van der Waals surface area contributed by atoms with E-state index >= 15 is 0 Å². The van der Waals surface area contributed by atoms with Crippen LogP contribution in [0.2, 0.25) is 0 Å². The van der Waals surface area contributed by atoms with E-state index in [4.69, 9.17) is 9.84 Å². The van der Waals surface area contributed by atoms with Gasteiger partial charge in [0.1, 0.15) is 5.75 Å². The number of carboxylic acids is 1. The van der Waals surface area contributed by atoms with E-state index in [1.807, 2.05) is 0 Å². The normalized spacial score (nSPS) is 11.2. The number of aliphatic carboxylic acids is 1. The fourth-order valence-electron chi connectivity index (χ4n) is 0.934. The molecule has 0 fully saturated rings. The first-order valence-corrected chi connectivity index (χ1v) is 5.10. The van der Waals surface area contributed by atoms with Crippen LogP contribution in [0.15, 0.2) is 18.2 Å². The first-order chi connectivity index (χ1) is 7.30. The molecule has 0 heterocycles. The second-order valence-electron chi connectivity index (χ2n) is 2.83. The molecule has 0 aliphatic heterocycles. The number of carbonyl (C=O) groups is 1. The molecule has 88 valence electrons. The number of halogens is 4. The molecule has 0 amide bonds. The van der Waals surface area contributed by atoms with Crippen LogP contribution in [0.4, 0.5) is 13.2 Å².